The number of aldehydes is 1. The first-order valence-electron chi connectivity index (χ1n) is 19.8. The molecule has 1 heterocycles. The maximum atomic E-state index is 12.6. The van der Waals surface area contributed by atoms with Crippen molar-refractivity contribution in [1.82, 2.24) is 4.90 Å². The van der Waals surface area contributed by atoms with E-state index in [1.807, 2.05) is 0 Å². The lowest BCUT2D eigenvalue weighted by atomic mass is 9.86. The molecule has 0 aromatic carbocycles. The highest BCUT2D eigenvalue weighted by Gasteiger charge is 2.17. The largest absolute Gasteiger partial charge is 0.466 e. The molecule has 0 bridgehead atoms. The molecule has 270 valence electrons. The van der Waals surface area contributed by atoms with Crippen LogP contribution < -0.4 is 0 Å². The number of nitrogens with zero attached hydrogens (tertiary/aromatic N) is 1. The van der Waals surface area contributed by atoms with Crippen LogP contribution in [-0.4, -0.2) is 55.5 Å². The fourth-order valence-corrected chi connectivity index (χ4v) is 6.72. The average molecular weight is 650 g/mol. The van der Waals surface area contributed by atoms with Crippen molar-refractivity contribution in [2.45, 2.75) is 194 Å². The van der Waals surface area contributed by atoms with Gasteiger partial charge >= 0.3 is 11.9 Å². The van der Waals surface area contributed by atoms with Gasteiger partial charge in [-0.2, -0.15) is 0 Å². The van der Waals surface area contributed by atoms with Crippen LogP contribution in [-0.2, 0) is 23.9 Å². The zero-order chi connectivity index (χ0) is 33.7. The second-order valence-corrected chi connectivity index (χ2v) is 15.0. The fourth-order valence-electron chi connectivity index (χ4n) is 6.72. The Morgan fingerprint density at radius 2 is 1.17 bits per heavy atom. The molecule has 46 heavy (non-hydrogen) atoms. The van der Waals surface area contributed by atoms with E-state index in [0.717, 1.165) is 83.0 Å². The Bertz CT molecular complexity index is 733. The highest BCUT2D eigenvalue weighted by molar-refractivity contribution is 5.69. The summed E-state index contributed by atoms with van der Waals surface area (Å²) in [6, 6.07) is 0. The molecule has 1 fully saturated rings. The van der Waals surface area contributed by atoms with Gasteiger partial charge in [-0.15, -0.1) is 0 Å². The summed E-state index contributed by atoms with van der Waals surface area (Å²) in [6.07, 6.45) is 27.8. The van der Waals surface area contributed by atoms with Gasteiger partial charge in [0.2, 0.25) is 0 Å². The number of unbranched alkanes of at least 4 members (excludes halogenated alkanes) is 13. The van der Waals surface area contributed by atoms with Crippen LogP contribution in [0.2, 0.25) is 0 Å². The SMILES string of the molecule is CC(C)CCC(CCOC(=O)CCCCCCCCCC(CCCCCCCCCC=O)OC(=O)CCCN1CCCC1)C(C)C. The Morgan fingerprint density at radius 1 is 0.630 bits per heavy atom. The molecular formula is C40H75NO5. The van der Waals surface area contributed by atoms with Gasteiger partial charge in [-0.3, -0.25) is 9.59 Å². The first-order chi connectivity index (χ1) is 22.3. The molecule has 0 amide bonds. The molecule has 2 atom stereocenters. The molecule has 0 spiro atoms. The Kier molecular flexibility index (Phi) is 27.5. The minimum absolute atomic E-state index is 0.0104. The molecule has 6 nitrogen and oxygen atoms in total. The predicted molar refractivity (Wildman–Crippen MR) is 192 cm³/mol. The summed E-state index contributed by atoms with van der Waals surface area (Å²) in [6.45, 7) is 13.1. The number of likely N-dealkylation sites (tertiary alicyclic amines) is 1. The zero-order valence-corrected chi connectivity index (χ0v) is 30.9. The second-order valence-electron chi connectivity index (χ2n) is 15.0. The van der Waals surface area contributed by atoms with Gasteiger partial charge in [0, 0.05) is 19.3 Å². The molecule has 0 saturated carbocycles. The van der Waals surface area contributed by atoms with Crippen molar-refractivity contribution in [3.05, 3.63) is 0 Å². The molecule has 0 aromatic rings. The van der Waals surface area contributed by atoms with E-state index in [0.29, 0.717) is 37.7 Å². The molecule has 0 aromatic heterocycles. The first-order valence-corrected chi connectivity index (χ1v) is 19.8. The number of carbonyl (C=O) groups is 3. The van der Waals surface area contributed by atoms with Crippen molar-refractivity contribution in [3.63, 3.8) is 0 Å². The van der Waals surface area contributed by atoms with Crippen molar-refractivity contribution in [2.75, 3.05) is 26.2 Å². The first kappa shape index (κ1) is 42.6. The van der Waals surface area contributed by atoms with E-state index in [2.05, 4.69) is 32.6 Å². The maximum absolute atomic E-state index is 12.6. The van der Waals surface area contributed by atoms with Crippen molar-refractivity contribution in [1.29, 1.82) is 0 Å². The summed E-state index contributed by atoms with van der Waals surface area (Å²) in [4.78, 5) is 37.8. The van der Waals surface area contributed by atoms with Gasteiger partial charge in [0.15, 0.2) is 0 Å². The molecule has 1 saturated heterocycles. The van der Waals surface area contributed by atoms with Crippen LogP contribution in [0.3, 0.4) is 0 Å². The van der Waals surface area contributed by atoms with E-state index in [9.17, 15) is 14.4 Å². The third-order valence-corrected chi connectivity index (χ3v) is 9.92. The summed E-state index contributed by atoms with van der Waals surface area (Å²) in [5.74, 6) is 1.97. The van der Waals surface area contributed by atoms with Crippen LogP contribution in [0.15, 0.2) is 0 Å². The lowest BCUT2D eigenvalue weighted by Gasteiger charge is -2.21. The molecular weight excluding hydrogens is 574 g/mol. The van der Waals surface area contributed by atoms with Crippen LogP contribution in [0.1, 0.15) is 188 Å². The van der Waals surface area contributed by atoms with Crippen LogP contribution in [0.25, 0.3) is 0 Å². The number of hydrogen-bond donors (Lipinski definition) is 0. The minimum atomic E-state index is -0.0300. The van der Waals surface area contributed by atoms with Crippen LogP contribution in [0.4, 0.5) is 0 Å². The van der Waals surface area contributed by atoms with Gasteiger partial charge < -0.3 is 19.2 Å². The normalized spacial score (nSPS) is 15.0. The maximum Gasteiger partial charge on any atom is 0.306 e. The molecule has 2 unspecified atom stereocenters. The monoisotopic (exact) mass is 650 g/mol. The minimum Gasteiger partial charge on any atom is -0.466 e. The smallest absolute Gasteiger partial charge is 0.306 e. The summed E-state index contributed by atoms with van der Waals surface area (Å²) in [5, 5.41) is 0. The Labute approximate surface area is 284 Å². The van der Waals surface area contributed by atoms with Gasteiger partial charge in [0.05, 0.1) is 6.61 Å². The highest BCUT2D eigenvalue weighted by Crippen LogP contribution is 2.24. The molecule has 0 N–H and O–H groups in total. The summed E-state index contributed by atoms with van der Waals surface area (Å²) >= 11 is 0. The van der Waals surface area contributed by atoms with Crippen LogP contribution in [0.5, 0.6) is 0 Å². The summed E-state index contributed by atoms with van der Waals surface area (Å²) in [7, 11) is 0. The van der Waals surface area contributed by atoms with Crippen molar-refractivity contribution < 1.29 is 23.9 Å². The topological polar surface area (TPSA) is 72.9 Å². The average Bonchev–Trinajstić information content (AvgIpc) is 3.54. The second kappa shape index (κ2) is 29.7. The Balaban J connectivity index is 2.17. The van der Waals surface area contributed by atoms with E-state index < -0.39 is 0 Å². The van der Waals surface area contributed by atoms with Gasteiger partial charge in [-0.05, 0) is 108 Å². The third-order valence-electron chi connectivity index (χ3n) is 9.92. The van der Waals surface area contributed by atoms with Crippen LogP contribution >= 0.6 is 0 Å². The Morgan fingerprint density at radius 3 is 1.74 bits per heavy atom. The number of rotatable bonds is 32. The quantitative estimate of drug-likeness (QED) is 0.0410. The summed E-state index contributed by atoms with van der Waals surface area (Å²) < 4.78 is 11.6. The van der Waals surface area contributed by atoms with E-state index in [-0.39, 0.29) is 18.0 Å². The van der Waals surface area contributed by atoms with E-state index in [1.165, 1.54) is 90.1 Å². The predicted octanol–water partition coefficient (Wildman–Crippen LogP) is 10.6. The fraction of sp³-hybridized carbons (Fsp3) is 0.925. The molecule has 0 aliphatic carbocycles. The van der Waals surface area contributed by atoms with Crippen molar-refractivity contribution in [3.8, 4) is 0 Å². The number of ether oxygens (including phenoxy) is 2. The molecule has 6 heteroatoms. The third kappa shape index (κ3) is 25.6. The molecule has 0 radical (unpaired) electrons. The van der Waals surface area contributed by atoms with Gasteiger partial charge in [-0.1, -0.05) is 98.3 Å². The van der Waals surface area contributed by atoms with Crippen molar-refractivity contribution >= 4 is 18.2 Å². The standard InChI is InChI=1S/C40H75NO5/c1-35(2)27-28-37(36(3)4)29-34-45-39(43)25-18-14-10-7-9-13-17-24-38(23-16-12-8-5-6-11-15-21-33-42)46-40(44)26-22-32-41-30-19-20-31-41/h33,35-38H,5-32,34H2,1-4H3. The highest BCUT2D eigenvalue weighted by atomic mass is 16.5. The molecule has 1 aliphatic rings. The van der Waals surface area contributed by atoms with Gasteiger partial charge in [0.25, 0.3) is 0 Å². The Hall–Kier alpha value is -1.43. The van der Waals surface area contributed by atoms with E-state index >= 15 is 0 Å². The van der Waals surface area contributed by atoms with Gasteiger partial charge in [0.1, 0.15) is 12.4 Å². The van der Waals surface area contributed by atoms with E-state index in [1.54, 1.807) is 0 Å². The zero-order valence-electron chi connectivity index (χ0n) is 30.9. The summed E-state index contributed by atoms with van der Waals surface area (Å²) in [5.41, 5.74) is 0. The van der Waals surface area contributed by atoms with Gasteiger partial charge in [-0.25, -0.2) is 0 Å². The van der Waals surface area contributed by atoms with Crippen LogP contribution in [0, 0.1) is 17.8 Å². The van der Waals surface area contributed by atoms with E-state index in [4.69, 9.17) is 9.47 Å². The number of esters is 2. The lowest BCUT2D eigenvalue weighted by Crippen LogP contribution is -2.23. The number of hydrogen-bond acceptors (Lipinski definition) is 6. The molecule has 1 rings (SSSR count). The molecule has 1 aliphatic heterocycles. The number of carbonyl (C=O) groups excluding carboxylic acids is 3. The van der Waals surface area contributed by atoms with Crippen molar-refractivity contribution in [2.24, 2.45) is 17.8 Å². The lowest BCUT2D eigenvalue weighted by molar-refractivity contribution is -0.150.